The van der Waals surface area contributed by atoms with Crippen LogP contribution in [-0.4, -0.2) is 22.7 Å². The number of nitrogens with one attached hydrogen (secondary N) is 1. The molecule has 122 valence electrons. The fourth-order valence-electron chi connectivity index (χ4n) is 2.88. The molecule has 0 spiro atoms. The van der Waals surface area contributed by atoms with Crippen molar-refractivity contribution in [3.05, 3.63) is 24.3 Å². The van der Waals surface area contributed by atoms with Gasteiger partial charge in [0.2, 0.25) is 5.91 Å². The maximum absolute atomic E-state index is 12.2. The first-order valence-electron chi connectivity index (χ1n) is 8.14. The fraction of sp³-hybridized carbons (Fsp3) is 0.471. The van der Waals surface area contributed by atoms with Crippen LogP contribution in [0.25, 0.3) is 11.5 Å². The Balaban J connectivity index is 1.72. The number of anilines is 1. The maximum Gasteiger partial charge on any atom is 0.322 e. The number of hydrogen-bond donors (Lipinski definition) is 1. The molecule has 1 amide bonds. The molecule has 6 heteroatoms. The number of hydrogen-bond acceptors (Lipinski definition) is 5. The SMILES string of the molecule is CCOc1ccccc1-c1nnc(NC(=O)C2CCCCC2)o1. The Morgan fingerprint density at radius 2 is 2.04 bits per heavy atom. The molecule has 0 radical (unpaired) electrons. The second-order valence-corrected chi connectivity index (χ2v) is 5.67. The Morgan fingerprint density at radius 3 is 2.83 bits per heavy atom. The molecular formula is C17H21N3O3. The lowest BCUT2D eigenvalue weighted by molar-refractivity contribution is -0.120. The number of para-hydroxylation sites is 1. The van der Waals surface area contributed by atoms with Gasteiger partial charge in [0, 0.05) is 5.92 Å². The van der Waals surface area contributed by atoms with E-state index >= 15 is 0 Å². The van der Waals surface area contributed by atoms with E-state index in [1.165, 1.54) is 6.42 Å². The molecule has 1 aliphatic carbocycles. The molecule has 6 nitrogen and oxygen atoms in total. The summed E-state index contributed by atoms with van der Waals surface area (Å²) in [5.74, 6) is 1.05. The lowest BCUT2D eigenvalue weighted by Crippen LogP contribution is -2.24. The molecule has 2 aromatic rings. The highest BCUT2D eigenvalue weighted by Crippen LogP contribution is 2.30. The molecule has 1 aromatic carbocycles. The molecule has 1 aliphatic rings. The summed E-state index contributed by atoms with van der Waals surface area (Å²) in [7, 11) is 0. The Labute approximate surface area is 135 Å². The van der Waals surface area contributed by atoms with Crippen LogP contribution in [0.2, 0.25) is 0 Å². The van der Waals surface area contributed by atoms with Crippen LogP contribution in [0.15, 0.2) is 28.7 Å². The second kappa shape index (κ2) is 7.26. The van der Waals surface area contributed by atoms with E-state index in [1.54, 1.807) is 0 Å². The van der Waals surface area contributed by atoms with Crippen LogP contribution >= 0.6 is 0 Å². The third kappa shape index (κ3) is 3.70. The first kappa shape index (κ1) is 15.5. The molecule has 1 saturated carbocycles. The van der Waals surface area contributed by atoms with Gasteiger partial charge in [0.25, 0.3) is 5.89 Å². The zero-order valence-corrected chi connectivity index (χ0v) is 13.2. The molecular weight excluding hydrogens is 294 g/mol. The quantitative estimate of drug-likeness (QED) is 0.911. The minimum Gasteiger partial charge on any atom is -0.493 e. The molecule has 1 aromatic heterocycles. The summed E-state index contributed by atoms with van der Waals surface area (Å²) in [6.45, 7) is 2.47. The third-order valence-corrected chi connectivity index (χ3v) is 4.05. The Morgan fingerprint density at radius 1 is 1.26 bits per heavy atom. The predicted molar refractivity (Wildman–Crippen MR) is 86.1 cm³/mol. The van der Waals surface area contributed by atoms with Gasteiger partial charge in [-0.1, -0.05) is 36.5 Å². The third-order valence-electron chi connectivity index (χ3n) is 4.05. The van der Waals surface area contributed by atoms with Gasteiger partial charge in [-0.05, 0) is 31.9 Å². The lowest BCUT2D eigenvalue weighted by atomic mass is 9.89. The minimum atomic E-state index is -0.0296. The monoisotopic (exact) mass is 315 g/mol. The Kier molecular flexibility index (Phi) is 4.90. The highest BCUT2D eigenvalue weighted by Gasteiger charge is 2.23. The number of nitrogens with zero attached hydrogens (tertiary/aromatic N) is 2. The summed E-state index contributed by atoms with van der Waals surface area (Å²) in [6, 6.07) is 7.61. The molecule has 0 unspecified atom stereocenters. The summed E-state index contributed by atoms with van der Waals surface area (Å²) in [6.07, 6.45) is 5.28. The van der Waals surface area contributed by atoms with Crippen LogP contribution in [0, 0.1) is 5.92 Å². The van der Waals surface area contributed by atoms with E-state index in [1.807, 2.05) is 31.2 Å². The summed E-state index contributed by atoms with van der Waals surface area (Å²) < 4.78 is 11.1. The number of aromatic nitrogens is 2. The van der Waals surface area contributed by atoms with Crippen LogP contribution in [-0.2, 0) is 4.79 Å². The van der Waals surface area contributed by atoms with Crippen molar-refractivity contribution in [2.75, 3.05) is 11.9 Å². The second-order valence-electron chi connectivity index (χ2n) is 5.67. The molecule has 3 rings (SSSR count). The number of amides is 1. The van der Waals surface area contributed by atoms with E-state index < -0.39 is 0 Å². The van der Waals surface area contributed by atoms with E-state index in [4.69, 9.17) is 9.15 Å². The van der Waals surface area contributed by atoms with Gasteiger partial charge in [-0.25, -0.2) is 0 Å². The molecule has 1 N–H and O–H groups in total. The van der Waals surface area contributed by atoms with Gasteiger partial charge in [0.05, 0.1) is 12.2 Å². The normalized spacial score (nSPS) is 15.3. The number of benzene rings is 1. The van der Waals surface area contributed by atoms with Gasteiger partial charge >= 0.3 is 6.01 Å². The molecule has 23 heavy (non-hydrogen) atoms. The van der Waals surface area contributed by atoms with E-state index in [9.17, 15) is 4.79 Å². The van der Waals surface area contributed by atoms with E-state index in [0.29, 0.717) is 18.2 Å². The smallest absolute Gasteiger partial charge is 0.322 e. The number of rotatable bonds is 5. The lowest BCUT2D eigenvalue weighted by Gasteiger charge is -2.19. The molecule has 0 aliphatic heterocycles. The van der Waals surface area contributed by atoms with Crippen molar-refractivity contribution < 1.29 is 13.9 Å². The number of ether oxygens (including phenoxy) is 1. The van der Waals surface area contributed by atoms with Crippen LogP contribution in [0.5, 0.6) is 5.75 Å². The standard InChI is InChI=1S/C17H21N3O3/c1-2-22-14-11-7-6-10-13(14)16-19-20-17(23-16)18-15(21)12-8-4-3-5-9-12/h6-7,10-12H,2-5,8-9H2,1H3,(H,18,20,21). The van der Waals surface area contributed by atoms with Crippen molar-refractivity contribution in [2.24, 2.45) is 5.92 Å². The summed E-state index contributed by atoms with van der Waals surface area (Å²) in [4.78, 5) is 12.2. The molecule has 0 atom stereocenters. The summed E-state index contributed by atoms with van der Waals surface area (Å²) >= 11 is 0. The zero-order chi connectivity index (χ0) is 16.1. The van der Waals surface area contributed by atoms with Crippen molar-refractivity contribution in [3.63, 3.8) is 0 Å². The van der Waals surface area contributed by atoms with Gasteiger partial charge in [-0.15, -0.1) is 5.10 Å². The van der Waals surface area contributed by atoms with E-state index in [0.717, 1.165) is 31.2 Å². The number of carbonyl (C=O) groups excluding carboxylic acids is 1. The molecule has 0 saturated heterocycles. The highest BCUT2D eigenvalue weighted by molar-refractivity contribution is 5.90. The average Bonchev–Trinajstić information content (AvgIpc) is 3.05. The Bertz CT molecular complexity index is 663. The average molecular weight is 315 g/mol. The van der Waals surface area contributed by atoms with Crippen molar-refractivity contribution in [1.29, 1.82) is 0 Å². The summed E-state index contributed by atoms with van der Waals surface area (Å²) in [5, 5.41) is 10.7. The molecule has 1 heterocycles. The van der Waals surface area contributed by atoms with Gasteiger partial charge < -0.3 is 9.15 Å². The van der Waals surface area contributed by atoms with Gasteiger partial charge in [-0.3, -0.25) is 10.1 Å². The van der Waals surface area contributed by atoms with Gasteiger partial charge in [0.1, 0.15) is 5.75 Å². The Hall–Kier alpha value is -2.37. The molecule has 0 bridgehead atoms. The first-order valence-corrected chi connectivity index (χ1v) is 8.14. The fourth-order valence-corrected chi connectivity index (χ4v) is 2.88. The minimum absolute atomic E-state index is 0.0296. The largest absolute Gasteiger partial charge is 0.493 e. The van der Waals surface area contributed by atoms with Crippen LogP contribution in [0.4, 0.5) is 6.01 Å². The zero-order valence-electron chi connectivity index (χ0n) is 13.2. The van der Waals surface area contributed by atoms with Crippen LogP contribution in [0.3, 0.4) is 0 Å². The van der Waals surface area contributed by atoms with Crippen molar-refractivity contribution >= 4 is 11.9 Å². The molecule has 1 fully saturated rings. The van der Waals surface area contributed by atoms with Crippen molar-refractivity contribution in [3.8, 4) is 17.2 Å². The maximum atomic E-state index is 12.2. The van der Waals surface area contributed by atoms with Crippen LogP contribution < -0.4 is 10.1 Å². The number of carbonyl (C=O) groups is 1. The van der Waals surface area contributed by atoms with E-state index in [-0.39, 0.29) is 17.8 Å². The first-order chi connectivity index (χ1) is 11.3. The van der Waals surface area contributed by atoms with Crippen molar-refractivity contribution in [1.82, 2.24) is 10.2 Å². The highest BCUT2D eigenvalue weighted by atomic mass is 16.5. The van der Waals surface area contributed by atoms with Crippen molar-refractivity contribution in [2.45, 2.75) is 39.0 Å². The van der Waals surface area contributed by atoms with Gasteiger partial charge in [-0.2, -0.15) is 0 Å². The van der Waals surface area contributed by atoms with Gasteiger partial charge in [0.15, 0.2) is 0 Å². The summed E-state index contributed by atoms with van der Waals surface area (Å²) in [5.41, 5.74) is 0.722. The predicted octanol–water partition coefficient (Wildman–Crippen LogP) is 3.65. The van der Waals surface area contributed by atoms with E-state index in [2.05, 4.69) is 15.5 Å². The van der Waals surface area contributed by atoms with Crippen LogP contribution in [0.1, 0.15) is 39.0 Å². The topological polar surface area (TPSA) is 77.3 Å².